The summed E-state index contributed by atoms with van der Waals surface area (Å²) in [5.74, 6) is -0.476. The van der Waals surface area contributed by atoms with Crippen LogP contribution in [0.2, 0.25) is 0 Å². The van der Waals surface area contributed by atoms with Crippen LogP contribution in [-0.4, -0.2) is 32.6 Å². The summed E-state index contributed by atoms with van der Waals surface area (Å²) in [7, 11) is 0. The number of aryl methyl sites for hydroxylation is 1. The minimum absolute atomic E-state index is 0.192. The van der Waals surface area contributed by atoms with Crippen molar-refractivity contribution in [2.75, 3.05) is 11.9 Å². The third-order valence-electron chi connectivity index (χ3n) is 7.75. The van der Waals surface area contributed by atoms with Gasteiger partial charge in [0.1, 0.15) is 0 Å². The molecule has 6 heteroatoms. The fourth-order valence-electron chi connectivity index (χ4n) is 5.88. The number of nitrogens with one attached hydrogen (secondary N) is 1. The molecule has 0 radical (unpaired) electrons. The third-order valence-corrected chi connectivity index (χ3v) is 7.75. The van der Waals surface area contributed by atoms with Crippen LogP contribution < -0.4 is 5.32 Å². The molecule has 5 aromatic rings. The molecule has 2 N–H and O–H groups in total. The van der Waals surface area contributed by atoms with Crippen LogP contribution in [0.3, 0.4) is 0 Å². The minimum Gasteiger partial charge on any atom is -0.478 e. The van der Waals surface area contributed by atoms with Crippen LogP contribution in [0.15, 0.2) is 109 Å². The number of aromatic nitrogens is 3. The number of carboxylic acids is 1. The molecular weight excluding hydrogens is 496 g/mol. The van der Waals surface area contributed by atoms with Gasteiger partial charge in [-0.2, -0.15) is 0 Å². The molecule has 0 aliphatic heterocycles. The van der Waals surface area contributed by atoms with Crippen molar-refractivity contribution in [3.05, 3.63) is 143 Å². The van der Waals surface area contributed by atoms with E-state index in [9.17, 15) is 9.90 Å². The van der Waals surface area contributed by atoms with Crippen molar-refractivity contribution < 1.29 is 9.90 Å². The van der Waals surface area contributed by atoms with Gasteiger partial charge in [-0.1, -0.05) is 72.8 Å². The molecule has 2 aromatic heterocycles. The van der Waals surface area contributed by atoms with Gasteiger partial charge in [-0.05, 0) is 77.8 Å². The number of nitrogens with zero attached hydrogens (tertiary/aromatic N) is 3. The molecule has 0 bridgehead atoms. The number of fused-ring (bicyclic) bond motifs is 1. The van der Waals surface area contributed by atoms with E-state index in [1.54, 1.807) is 24.5 Å². The maximum Gasteiger partial charge on any atom is 0.337 e. The predicted octanol–water partition coefficient (Wildman–Crippen LogP) is 6.56. The molecule has 2 heterocycles. The minimum atomic E-state index is -0.996. The predicted molar refractivity (Wildman–Crippen MR) is 157 cm³/mol. The van der Waals surface area contributed by atoms with Crippen molar-refractivity contribution in [1.82, 2.24) is 15.0 Å². The van der Waals surface area contributed by atoms with Gasteiger partial charge in [0.05, 0.1) is 22.4 Å². The average molecular weight is 527 g/mol. The van der Waals surface area contributed by atoms with E-state index < -0.39 is 11.4 Å². The van der Waals surface area contributed by atoms with Crippen molar-refractivity contribution in [3.8, 4) is 11.1 Å². The van der Waals surface area contributed by atoms with Crippen molar-refractivity contribution in [1.29, 1.82) is 0 Å². The molecule has 6 nitrogen and oxygen atoms in total. The number of pyridine rings is 1. The quantitative estimate of drug-likeness (QED) is 0.238. The summed E-state index contributed by atoms with van der Waals surface area (Å²) < 4.78 is 0. The highest BCUT2D eigenvalue weighted by atomic mass is 16.4. The van der Waals surface area contributed by atoms with Crippen molar-refractivity contribution in [2.24, 2.45) is 0 Å². The summed E-state index contributed by atoms with van der Waals surface area (Å²) in [4.78, 5) is 26.8. The molecule has 0 fully saturated rings. The molecule has 198 valence electrons. The highest BCUT2D eigenvalue weighted by Crippen LogP contribution is 2.48. The lowest BCUT2D eigenvalue weighted by Gasteiger charge is -2.39. The van der Waals surface area contributed by atoms with E-state index in [1.807, 2.05) is 42.5 Å². The Bertz CT molecular complexity index is 1640. The Morgan fingerprint density at radius 3 is 2.45 bits per heavy atom. The molecule has 6 rings (SSSR count). The van der Waals surface area contributed by atoms with Crippen LogP contribution in [-0.2, 0) is 18.3 Å². The Labute approximate surface area is 233 Å². The van der Waals surface area contributed by atoms with Crippen molar-refractivity contribution in [2.45, 2.75) is 31.1 Å². The maximum atomic E-state index is 12.5. The standard InChI is InChI=1S/C34H30N4O2/c39-32(40)28-14-8-20-35-31(28)34(30-18-22-37-33(38-30)36-21-17-24-9-3-1-4-10-24)19-7-13-26-15-16-27(23-29(26)34)25-11-5-2-6-12-25/h1-6,8-12,14-16,18,20,22-23H,7,13,17,19,21H2,(H,39,40)(H,36,37,38). The molecule has 0 spiro atoms. The van der Waals surface area contributed by atoms with E-state index in [2.05, 4.69) is 52.8 Å². The molecule has 0 amide bonds. The van der Waals surface area contributed by atoms with Gasteiger partial charge < -0.3 is 10.4 Å². The Morgan fingerprint density at radius 1 is 0.850 bits per heavy atom. The van der Waals surface area contributed by atoms with Gasteiger partial charge in [0.15, 0.2) is 0 Å². The number of hydrogen-bond donors (Lipinski definition) is 2. The SMILES string of the molecule is O=C(O)c1cccnc1C1(c2ccnc(NCCc3ccccc3)n2)CCCc2ccc(-c3ccccc3)cc21. The molecule has 3 aromatic carbocycles. The number of carboxylic acid groups (broad SMARTS) is 1. The Hall–Kier alpha value is -4.84. The smallest absolute Gasteiger partial charge is 0.337 e. The second-order valence-corrected chi connectivity index (χ2v) is 10.1. The number of anilines is 1. The second-order valence-electron chi connectivity index (χ2n) is 10.1. The van der Waals surface area contributed by atoms with Crippen molar-refractivity contribution >= 4 is 11.9 Å². The third kappa shape index (κ3) is 4.84. The molecule has 1 aliphatic rings. The lowest BCUT2D eigenvalue weighted by molar-refractivity contribution is 0.0693. The van der Waals surface area contributed by atoms with E-state index in [1.165, 1.54) is 11.1 Å². The van der Waals surface area contributed by atoms with Crippen LogP contribution in [0.5, 0.6) is 0 Å². The first-order chi connectivity index (χ1) is 19.6. The molecule has 1 atom stereocenters. The zero-order valence-corrected chi connectivity index (χ0v) is 22.1. The first kappa shape index (κ1) is 25.4. The zero-order valence-electron chi connectivity index (χ0n) is 22.1. The van der Waals surface area contributed by atoms with Crippen molar-refractivity contribution in [3.63, 3.8) is 0 Å². The van der Waals surface area contributed by atoms with Gasteiger partial charge in [0, 0.05) is 18.9 Å². The largest absolute Gasteiger partial charge is 0.478 e. The highest BCUT2D eigenvalue weighted by molar-refractivity contribution is 5.90. The van der Waals surface area contributed by atoms with E-state index >= 15 is 0 Å². The fraction of sp³-hybridized carbons (Fsp3) is 0.176. The van der Waals surface area contributed by atoms with Gasteiger partial charge in [-0.15, -0.1) is 0 Å². The number of rotatable bonds is 8. The van der Waals surface area contributed by atoms with E-state index in [0.29, 0.717) is 24.6 Å². The van der Waals surface area contributed by atoms with E-state index in [-0.39, 0.29) is 5.56 Å². The van der Waals surface area contributed by atoms with Crippen LogP contribution in [0.25, 0.3) is 11.1 Å². The average Bonchev–Trinajstić information content (AvgIpc) is 3.01. The normalized spacial score (nSPS) is 16.2. The molecule has 40 heavy (non-hydrogen) atoms. The fourth-order valence-corrected chi connectivity index (χ4v) is 5.88. The van der Waals surface area contributed by atoms with Crippen LogP contribution in [0.1, 0.15) is 51.3 Å². The van der Waals surface area contributed by atoms with Crippen LogP contribution in [0.4, 0.5) is 5.95 Å². The molecule has 1 unspecified atom stereocenters. The highest BCUT2D eigenvalue weighted by Gasteiger charge is 2.45. The van der Waals surface area contributed by atoms with Crippen LogP contribution >= 0.6 is 0 Å². The van der Waals surface area contributed by atoms with Gasteiger partial charge in [-0.3, -0.25) is 4.98 Å². The first-order valence-corrected chi connectivity index (χ1v) is 13.6. The summed E-state index contributed by atoms with van der Waals surface area (Å²) in [6.45, 7) is 0.680. The summed E-state index contributed by atoms with van der Waals surface area (Å²) in [5, 5.41) is 13.6. The van der Waals surface area contributed by atoms with Gasteiger partial charge >= 0.3 is 5.97 Å². The number of carbonyl (C=O) groups is 1. The maximum absolute atomic E-state index is 12.5. The van der Waals surface area contributed by atoms with Gasteiger partial charge in [0.25, 0.3) is 0 Å². The first-order valence-electron chi connectivity index (χ1n) is 13.6. The van der Waals surface area contributed by atoms with Gasteiger partial charge in [-0.25, -0.2) is 14.8 Å². The number of aromatic carboxylic acids is 1. The number of hydrogen-bond acceptors (Lipinski definition) is 5. The van der Waals surface area contributed by atoms with Crippen LogP contribution in [0, 0.1) is 0 Å². The monoisotopic (exact) mass is 526 g/mol. The Balaban J connectivity index is 1.49. The molecular formula is C34H30N4O2. The summed E-state index contributed by atoms with van der Waals surface area (Å²) in [5.41, 5.74) is 6.27. The summed E-state index contributed by atoms with van der Waals surface area (Å²) in [6.07, 6.45) is 6.76. The second kappa shape index (κ2) is 11.1. The Kier molecular flexibility index (Phi) is 7.06. The lowest BCUT2D eigenvalue weighted by Crippen LogP contribution is -2.37. The molecule has 0 saturated heterocycles. The molecule has 1 aliphatic carbocycles. The topological polar surface area (TPSA) is 88.0 Å². The zero-order chi connectivity index (χ0) is 27.4. The summed E-state index contributed by atoms with van der Waals surface area (Å²) >= 11 is 0. The number of benzene rings is 3. The van der Waals surface area contributed by atoms with E-state index in [0.717, 1.165) is 41.6 Å². The Morgan fingerprint density at radius 2 is 1.65 bits per heavy atom. The van der Waals surface area contributed by atoms with Gasteiger partial charge in [0.2, 0.25) is 5.95 Å². The lowest BCUT2D eigenvalue weighted by atomic mass is 9.64. The summed E-state index contributed by atoms with van der Waals surface area (Å²) in [6, 6.07) is 32.3. The molecule has 0 saturated carbocycles. The van der Waals surface area contributed by atoms with E-state index in [4.69, 9.17) is 9.97 Å².